The van der Waals surface area contributed by atoms with E-state index >= 15 is 0 Å². The molecule has 0 aliphatic rings. The SMILES string of the molecule is CC(C)CN=C/C(=C(/Cl)C(F)(F)F)c1ccccc1. The van der Waals surface area contributed by atoms with Crippen LogP contribution in [0.4, 0.5) is 13.2 Å². The molecule has 5 heteroatoms. The maximum absolute atomic E-state index is 12.7. The van der Waals surface area contributed by atoms with E-state index in [1.165, 1.54) is 6.21 Å². The lowest BCUT2D eigenvalue weighted by Crippen LogP contribution is -2.10. The van der Waals surface area contributed by atoms with Crippen molar-refractivity contribution in [2.24, 2.45) is 10.9 Å². The van der Waals surface area contributed by atoms with Crippen molar-refractivity contribution >= 4 is 23.4 Å². The summed E-state index contributed by atoms with van der Waals surface area (Å²) in [6.07, 6.45) is -3.37. The quantitative estimate of drug-likeness (QED) is 0.697. The topological polar surface area (TPSA) is 12.4 Å². The number of allylic oxidation sites excluding steroid dienone is 2. The van der Waals surface area contributed by atoms with Crippen molar-refractivity contribution in [2.45, 2.75) is 20.0 Å². The summed E-state index contributed by atoms with van der Waals surface area (Å²) < 4.78 is 38.2. The smallest absolute Gasteiger partial charge is 0.292 e. The summed E-state index contributed by atoms with van der Waals surface area (Å²) in [6, 6.07) is 8.20. The van der Waals surface area contributed by atoms with Crippen LogP contribution in [0.1, 0.15) is 19.4 Å². The van der Waals surface area contributed by atoms with Gasteiger partial charge in [-0.2, -0.15) is 13.2 Å². The first kappa shape index (κ1) is 15.8. The average Bonchev–Trinajstić information content (AvgIpc) is 2.33. The van der Waals surface area contributed by atoms with E-state index in [0.29, 0.717) is 12.1 Å². The lowest BCUT2D eigenvalue weighted by molar-refractivity contribution is -0.0838. The van der Waals surface area contributed by atoms with Gasteiger partial charge in [0, 0.05) is 18.3 Å². The molecule has 0 bridgehead atoms. The van der Waals surface area contributed by atoms with Crippen LogP contribution in [0.3, 0.4) is 0 Å². The van der Waals surface area contributed by atoms with Gasteiger partial charge in [-0.25, -0.2) is 0 Å². The van der Waals surface area contributed by atoms with Crippen LogP contribution in [0, 0.1) is 5.92 Å². The number of benzene rings is 1. The Balaban J connectivity index is 3.17. The highest BCUT2D eigenvalue weighted by Gasteiger charge is 2.35. The molecule has 1 aromatic carbocycles. The minimum Gasteiger partial charge on any atom is -0.292 e. The Morgan fingerprint density at radius 2 is 1.84 bits per heavy atom. The zero-order valence-electron chi connectivity index (χ0n) is 10.7. The number of alkyl halides is 3. The van der Waals surface area contributed by atoms with Crippen LogP contribution in [0.5, 0.6) is 0 Å². The van der Waals surface area contributed by atoms with Crippen LogP contribution in [-0.4, -0.2) is 18.9 Å². The predicted molar refractivity (Wildman–Crippen MR) is 73.5 cm³/mol. The van der Waals surface area contributed by atoms with Crippen molar-refractivity contribution in [1.82, 2.24) is 0 Å². The monoisotopic (exact) mass is 289 g/mol. The third kappa shape index (κ3) is 5.07. The van der Waals surface area contributed by atoms with Crippen LogP contribution in [0.25, 0.3) is 5.57 Å². The average molecular weight is 290 g/mol. The number of halogens is 4. The zero-order chi connectivity index (χ0) is 14.5. The summed E-state index contributed by atoms with van der Waals surface area (Å²) in [5.74, 6) is 0.276. The molecule has 104 valence electrons. The van der Waals surface area contributed by atoms with Gasteiger partial charge in [-0.1, -0.05) is 55.8 Å². The van der Waals surface area contributed by atoms with E-state index in [4.69, 9.17) is 11.6 Å². The van der Waals surface area contributed by atoms with E-state index in [1.807, 2.05) is 13.8 Å². The third-order valence-electron chi connectivity index (χ3n) is 2.26. The number of hydrogen-bond donors (Lipinski definition) is 0. The van der Waals surface area contributed by atoms with Gasteiger partial charge in [-0.3, -0.25) is 4.99 Å². The second-order valence-corrected chi connectivity index (χ2v) is 4.86. The number of rotatable bonds is 4. The molecule has 0 saturated carbocycles. The molecule has 0 radical (unpaired) electrons. The van der Waals surface area contributed by atoms with E-state index in [2.05, 4.69) is 4.99 Å². The molecular formula is C14H15ClF3N. The molecule has 0 unspecified atom stereocenters. The fraction of sp³-hybridized carbons (Fsp3) is 0.357. The van der Waals surface area contributed by atoms with Crippen LogP contribution in [-0.2, 0) is 0 Å². The number of hydrogen-bond acceptors (Lipinski definition) is 1. The van der Waals surface area contributed by atoms with Crippen molar-refractivity contribution in [1.29, 1.82) is 0 Å². The van der Waals surface area contributed by atoms with Crippen molar-refractivity contribution in [3.8, 4) is 0 Å². The minimum atomic E-state index is -4.57. The third-order valence-corrected chi connectivity index (χ3v) is 2.68. The Hall–Kier alpha value is -1.29. The van der Waals surface area contributed by atoms with E-state index in [9.17, 15) is 13.2 Å². The molecule has 1 nitrogen and oxygen atoms in total. The maximum Gasteiger partial charge on any atom is 0.427 e. The fourth-order valence-corrected chi connectivity index (χ4v) is 1.54. The standard InChI is InChI=1S/C14H15ClF3N/c1-10(2)8-19-9-12(13(15)14(16,17)18)11-6-4-3-5-7-11/h3-7,9-10H,8H2,1-2H3/b13-12-,19-9?. The van der Waals surface area contributed by atoms with Gasteiger partial charge in [0.2, 0.25) is 0 Å². The van der Waals surface area contributed by atoms with Crippen molar-refractivity contribution in [2.75, 3.05) is 6.54 Å². The van der Waals surface area contributed by atoms with Crippen molar-refractivity contribution in [3.05, 3.63) is 40.9 Å². The Bertz CT molecular complexity index is 461. The Morgan fingerprint density at radius 1 is 1.26 bits per heavy atom. The van der Waals surface area contributed by atoms with E-state index in [-0.39, 0.29) is 11.5 Å². The van der Waals surface area contributed by atoms with Gasteiger partial charge in [0.05, 0.1) is 0 Å². The molecule has 0 saturated heterocycles. The molecule has 0 fully saturated rings. The highest BCUT2D eigenvalue weighted by Crippen LogP contribution is 2.34. The number of nitrogens with zero attached hydrogens (tertiary/aromatic N) is 1. The summed E-state index contributed by atoms with van der Waals surface area (Å²) in [5.41, 5.74) is 0.299. The second kappa shape index (κ2) is 6.75. The fourth-order valence-electron chi connectivity index (χ4n) is 1.38. The van der Waals surface area contributed by atoms with Gasteiger partial charge in [-0.15, -0.1) is 0 Å². The zero-order valence-corrected chi connectivity index (χ0v) is 11.5. The summed E-state index contributed by atoms with van der Waals surface area (Å²) in [5, 5.41) is -1.15. The Morgan fingerprint density at radius 3 is 2.32 bits per heavy atom. The normalized spacial score (nSPS) is 14.1. The second-order valence-electron chi connectivity index (χ2n) is 4.48. The molecule has 19 heavy (non-hydrogen) atoms. The van der Waals surface area contributed by atoms with Gasteiger partial charge in [0.1, 0.15) is 5.03 Å². The molecule has 0 aliphatic heterocycles. The van der Waals surface area contributed by atoms with Gasteiger partial charge < -0.3 is 0 Å². The van der Waals surface area contributed by atoms with Gasteiger partial charge in [0.15, 0.2) is 0 Å². The number of aliphatic imine (C=N–C) groups is 1. The largest absolute Gasteiger partial charge is 0.427 e. The molecule has 0 heterocycles. The molecule has 0 atom stereocenters. The van der Waals surface area contributed by atoms with Crippen molar-refractivity contribution in [3.63, 3.8) is 0 Å². The van der Waals surface area contributed by atoms with E-state index in [1.54, 1.807) is 30.3 Å². The lowest BCUT2D eigenvalue weighted by atomic mass is 10.1. The van der Waals surface area contributed by atoms with Gasteiger partial charge >= 0.3 is 6.18 Å². The van der Waals surface area contributed by atoms with E-state index in [0.717, 1.165) is 0 Å². The molecule has 0 N–H and O–H groups in total. The summed E-state index contributed by atoms with van der Waals surface area (Å²) >= 11 is 5.44. The molecule has 1 rings (SSSR count). The molecule has 0 aliphatic carbocycles. The lowest BCUT2D eigenvalue weighted by Gasteiger charge is -2.10. The van der Waals surface area contributed by atoms with Gasteiger partial charge in [0.25, 0.3) is 0 Å². The first-order valence-corrected chi connectivity index (χ1v) is 6.22. The molecule has 0 amide bonds. The van der Waals surface area contributed by atoms with Crippen LogP contribution < -0.4 is 0 Å². The Labute approximate surface area is 115 Å². The molecular weight excluding hydrogens is 275 g/mol. The summed E-state index contributed by atoms with van der Waals surface area (Å²) in [7, 11) is 0. The minimum absolute atomic E-state index is 0.101. The molecule has 0 aromatic heterocycles. The maximum atomic E-state index is 12.7. The van der Waals surface area contributed by atoms with Crippen LogP contribution >= 0.6 is 11.6 Å². The van der Waals surface area contributed by atoms with Crippen LogP contribution in [0.15, 0.2) is 40.4 Å². The highest BCUT2D eigenvalue weighted by atomic mass is 35.5. The highest BCUT2D eigenvalue weighted by molar-refractivity contribution is 6.37. The van der Waals surface area contributed by atoms with Gasteiger partial charge in [-0.05, 0) is 11.5 Å². The first-order valence-electron chi connectivity index (χ1n) is 5.84. The molecule has 0 spiro atoms. The Kier molecular flexibility index (Phi) is 5.60. The predicted octanol–water partition coefficient (Wildman–Crippen LogP) is 4.93. The van der Waals surface area contributed by atoms with E-state index < -0.39 is 11.2 Å². The van der Waals surface area contributed by atoms with Crippen molar-refractivity contribution < 1.29 is 13.2 Å². The summed E-state index contributed by atoms with van der Waals surface area (Å²) in [4.78, 5) is 4.01. The summed E-state index contributed by atoms with van der Waals surface area (Å²) in [6.45, 7) is 4.33. The first-order chi connectivity index (χ1) is 8.82. The molecule has 1 aromatic rings. The van der Waals surface area contributed by atoms with Crippen LogP contribution in [0.2, 0.25) is 0 Å².